The van der Waals surface area contributed by atoms with Gasteiger partial charge < -0.3 is 14.8 Å². The molecule has 1 aliphatic rings. The second kappa shape index (κ2) is 8.86. The Morgan fingerprint density at radius 3 is 2.40 bits per heavy atom. The van der Waals surface area contributed by atoms with Crippen LogP contribution in [0.1, 0.15) is 43.7 Å². The van der Waals surface area contributed by atoms with Gasteiger partial charge in [0, 0.05) is 12.6 Å². The van der Waals surface area contributed by atoms with Crippen LogP contribution in [-0.4, -0.2) is 12.6 Å². The maximum Gasteiger partial charge on any atom is 0.161 e. The SMILES string of the molecule is CCOc1cc(CNC2CCCC2)ccc1OCc1ccc(F)cc1. The highest BCUT2D eigenvalue weighted by atomic mass is 19.1. The molecule has 0 spiro atoms. The second-order valence-corrected chi connectivity index (χ2v) is 6.49. The van der Waals surface area contributed by atoms with Crippen molar-refractivity contribution in [3.63, 3.8) is 0 Å². The van der Waals surface area contributed by atoms with Crippen LogP contribution >= 0.6 is 0 Å². The molecule has 0 aromatic heterocycles. The van der Waals surface area contributed by atoms with Crippen LogP contribution in [0.15, 0.2) is 42.5 Å². The first-order valence-electron chi connectivity index (χ1n) is 9.11. The molecule has 2 aromatic carbocycles. The van der Waals surface area contributed by atoms with E-state index < -0.39 is 0 Å². The highest BCUT2D eigenvalue weighted by Crippen LogP contribution is 2.29. The largest absolute Gasteiger partial charge is 0.490 e. The van der Waals surface area contributed by atoms with Gasteiger partial charge in [0.2, 0.25) is 0 Å². The number of halogens is 1. The van der Waals surface area contributed by atoms with Gasteiger partial charge in [-0.15, -0.1) is 0 Å². The summed E-state index contributed by atoms with van der Waals surface area (Å²) in [4.78, 5) is 0. The van der Waals surface area contributed by atoms with E-state index in [1.165, 1.54) is 43.4 Å². The van der Waals surface area contributed by atoms with Gasteiger partial charge >= 0.3 is 0 Å². The molecule has 0 saturated heterocycles. The summed E-state index contributed by atoms with van der Waals surface area (Å²) in [5, 5.41) is 3.62. The van der Waals surface area contributed by atoms with E-state index in [2.05, 4.69) is 11.4 Å². The summed E-state index contributed by atoms with van der Waals surface area (Å²) in [6, 6.07) is 13.1. The minimum Gasteiger partial charge on any atom is -0.490 e. The Hall–Kier alpha value is -2.07. The molecular weight excluding hydrogens is 317 g/mol. The average molecular weight is 343 g/mol. The Bertz CT molecular complexity index is 666. The minimum absolute atomic E-state index is 0.238. The van der Waals surface area contributed by atoms with Gasteiger partial charge in [-0.05, 0) is 55.2 Å². The van der Waals surface area contributed by atoms with Crippen molar-refractivity contribution in [2.24, 2.45) is 0 Å². The van der Waals surface area contributed by atoms with Crippen molar-refractivity contribution < 1.29 is 13.9 Å². The second-order valence-electron chi connectivity index (χ2n) is 6.49. The van der Waals surface area contributed by atoms with Crippen molar-refractivity contribution >= 4 is 0 Å². The van der Waals surface area contributed by atoms with Crippen molar-refractivity contribution in [1.82, 2.24) is 5.32 Å². The molecule has 25 heavy (non-hydrogen) atoms. The van der Waals surface area contributed by atoms with Crippen molar-refractivity contribution in [1.29, 1.82) is 0 Å². The summed E-state index contributed by atoms with van der Waals surface area (Å²) in [6.45, 7) is 3.79. The normalized spacial score (nSPS) is 14.6. The van der Waals surface area contributed by atoms with Gasteiger partial charge in [-0.1, -0.05) is 31.0 Å². The van der Waals surface area contributed by atoms with Crippen molar-refractivity contribution in [3.05, 3.63) is 59.4 Å². The summed E-state index contributed by atoms with van der Waals surface area (Å²) in [5.74, 6) is 1.24. The van der Waals surface area contributed by atoms with Gasteiger partial charge in [0.1, 0.15) is 12.4 Å². The zero-order valence-electron chi connectivity index (χ0n) is 14.8. The molecule has 1 saturated carbocycles. The quantitative estimate of drug-likeness (QED) is 0.744. The van der Waals surface area contributed by atoms with Crippen LogP contribution in [0.5, 0.6) is 11.5 Å². The van der Waals surface area contributed by atoms with E-state index in [-0.39, 0.29) is 5.82 Å². The third kappa shape index (κ3) is 5.20. The fourth-order valence-corrected chi connectivity index (χ4v) is 3.18. The van der Waals surface area contributed by atoms with Crippen LogP contribution in [0.3, 0.4) is 0 Å². The Morgan fingerprint density at radius 1 is 0.960 bits per heavy atom. The van der Waals surface area contributed by atoms with Crippen LogP contribution in [0, 0.1) is 5.82 Å². The molecule has 1 N–H and O–H groups in total. The van der Waals surface area contributed by atoms with E-state index in [1.54, 1.807) is 12.1 Å². The lowest BCUT2D eigenvalue weighted by Crippen LogP contribution is -2.25. The number of nitrogens with one attached hydrogen (secondary N) is 1. The fraction of sp³-hybridized carbons (Fsp3) is 0.429. The first-order valence-corrected chi connectivity index (χ1v) is 9.11. The van der Waals surface area contributed by atoms with E-state index in [4.69, 9.17) is 9.47 Å². The highest BCUT2D eigenvalue weighted by Gasteiger charge is 2.14. The minimum atomic E-state index is -0.238. The van der Waals surface area contributed by atoms with Gasteiger partial charge in [0.05, 0.1) is 6.61 Å². The molecule has 0 radical (unpaired) electrons. The molecule has 4 heteroatoms. The van der Waals surface area contributed by atoms with Crippen LogP contribution in [-0.2, 0) is 13.2 Å². The molecule has 2 aromatic rings. The zero-order chi connectivity index (χ0) is 17.5. The molecule has 3 nitrogen and oxygen atoms in total. The van der Waals surface area contributed by atoms with Crippen molar-refractivity contribution in [2.45, 2.75) is 51.8 Å². The number of ether oxygens (including phenoxy) is 2. The molecule has 0 aliphatic heterocycles. The van der Waals surface area contributed by atoms with Crippen LogP contribution in [0.25, 0.3) is 0 Å². The molecule has 0 amide bonds. The number of rotatable bonds is 8. The highest BCUT2D eigenvalue weighted by molar-refractivity contribution is 5.43. The van der Waals surface area contributed by atoms with E-state index in [9.17, 15) is 4.39 Å². The Kier molecular flexibility index (Phi) is 6.29. The summed E-state index contributed by atoms with van der Waals surface area (Å²) in [6.07, 6.45) is 5.21. The van der Waals surface area contributed by atoms with E-state index >= 15 is 0 Å². The van der Waals surface area contributed by atoms with Gasteiger partial charge in [-0.25, -0.2) is 4.39 Å². The Labute approximate surface area is 149 Å². The maximum atomic E-state index is 13.0. The predicted molar refractivity (Wildman–Crippen MR) is 97.4 cm³/mol. The number of hydrogen-bond donors (Lipinski definition) is 1. The van der Waals surface area contributed by atoms with Gasteiger partial charge in [-0.2, -0.15) is 0 Å². The summed E-state index contributed by atoms with van der Waals surface area (Å²) in [7, 11) is 0. The number of hydrogen-bond acceptors (Lipinski definition) is 3. The van der Waals surface area contributed by atoms with E-state index in [1.807, 2.05) is 19.1 Å². The summed E-state index contributed by atoms with van der Waals surface area (Å²) < 4.78 is 24.6. The Balaban J connectivity index is 1.62. The van der Waals surface area contributed by atoms with Crippen molar-refractivity contribution in [2.75, 3.05) is 6.61 Å². The fourth-order valence-electron chi connectivity index (χ4n) is 3.18. The van der Waals surface area contributed by atoms with Crippen molar-refractivity contribution in [3.8, 4) is 11.5 Å². The Morgan fingerprint density at radius 2 is 1.68 bits per heavy atom. The van der Waals surface area contributed by atoms with Crippen LogP contribution in [0.4, 0.5) is 4.39 Å². The van der Waals surface area contributed by atoms with Crippen LogP contribution < -0.4 is 14.8 Å². The molecule has 0 bridgehead atoms. The third-order valence-corrected chi connectivity index (χ3v) is 4.57. The van der Waals surface area contributed by atoms with Gasteiger partial charge in [-0.3, -0.25) is 0 Å². The summed E-state index contributed by atoms with van der Waals surface area (Å²) in [5.41, 5.74) is 2.13. The molecule has 1 fully saturated rings. The first kappa shape index (κ1) is 17.7. The van der Waals surface area contributed by atoms with Gasteiger partial charge in [0.25, 0.3) is 0 Å². The molecule has 3 rings (SSSR count). The summed E-state index contributed by atoms with van der Waals surface area (Å²) >= 11 is 0. The zero-order valence-corrected chi connectivity index (χ0v) is 14.8. The lowest BCUT2D eigenvalue weighted by molar-refractivity contribution is 0.269. The lowest BCUT2D eigenvalue weighted by Gasteiger charge is -2.15. The molecular formula is C21H26FNO2. The molecule has 0 atom stereocenters. The van der Waals surface area contributed by atoms with E-state index in [0.29, 0.717) is 19.3 Å². The molecule has 0 heterocycles. The molecule has 1 aliphatic carbocycles. The van der Waals surface area contributed by atoms with E-state index in [0.717, 1.165) is 23.6 Å². The monoisotopic (exact) mass is 343 g/mol. The predicted octanol–water partition coefficient (Wildman–Crippen LogP) is 4.84. The maximum absolute atomic E-state index is 13.0. The average Bonchev–Trinajstić information content (AvgIpc) is 3.14. The third-order valence-electron chi connectivity index (χ3n) is 4.57. The van der Waals surface area contributed by atoms with Gasteiger partial charge in [0.15, 0.2) is 11.5 Å². The smallest absolute Gasteiger partial charge is 0.161 e. The lowest BCUT2D eigenvalue weighted by atomic mass is 10.1. The molecule has 0 unspecified atom stereocenters. The standard InChI is InChI=1S/C21H26FNO2/c1-2-24-21-13-17(14-23-19-5-3-4-6-19)9-12-20(21)25-15-16-7-10-18(22)11-8-16/h7-13,19,23H,2-6,14-15H2,1H3. The molecule has 134 valence electrons. The topological polar surface area (TPSA) is 30.5 Å². The number of benzene rings is 2. The van der Waals surface area contributed by atoms with Crippen LogP contribution in [0.2, 0.25) is 0 Å². The first-order chi connectivity index (χ1) is 12.2.